The van der Waals surface area contributed by atoms with Crippen LogP contribution in [0.2, 0.25) is 0 Å². The van der Waals surface area contributed by atoms with E-state index in [1.54, 1.807) is 18.3 Å². The minimum atomic E-state index is -2.60. The molecule has 2 unspecified atom stereocenters. The molecule has 0 aromatic carbocycles. The summed E-state index contributed by atoms with van der Waals surface area (Å²) in [6.45, 7) is -0.712. The lowest BCUT2D eigenvalue weighted by molar-refractivity contribution is -0.121. The summed E-state index contributed by atoms with van der Waals surface area (Å²) in [5.41, 5.74) is 7.10. The van der Waals surface area contributed by atoms with Crippen molar-refractivity contribution in [2.24, 2.45) is 5.92 Å². The van der Waals surface area contributed by atoms with Gasteiger partial charge in [-0.05, 0) is 43.2 Å². The number of nitrogens with one attached hydrogen (secondary N) is 4. The molecule has 1 saturated carbocycles. The lowest BCUT2D eigenvalue weighted by Crippen LogP contribution is -2.45. The Morgan fingerprint density at radius 1 is 1.30 bits per heavy atom. The van der Waals surface area contributed by atoms with Gasteiger partial charge in [0.25, 0.3) is 6.43 Å². The van der Waals surface area contributed by atoms with Gasteiger partial charge in [0.05, 0.1) is 26.2 Å². The number of carbonyl (C=O) groups is 2. The Labute approximate surface area is 173 Å². The molecule has 11 heteroatoms. The van der Waals surface area contributed by atoms with Crippen molar-refractivity contribution in [1.29, 1.82) is 0 Å². The van der Waals surface area contributed by atoms with Gasteiger partial charge in [-0.15, -0.1) is 0 Å². The molecule has 4 atom stereocenters. The van der Waals surface area contributed by atoms with E-state index < -0.39 is 19.1 Å². The number of pyridine rings is 1. The molecular weight excluding hydrogens is 400 g/mol. The molecule has 30 heavy (non-hydrogen) atoms. The molecule has 166 valence electrons. The van der Waals surface area contributed by atoms with E-state index in [0.29, 0.717) is 25.1 Å². The number of nitrogens with zero attached hydrogens (tertiary/aromatic N) is 1. The van der Waals surface area contributed by atoms with E-state index in [-0.39, 0.29) is 36.6 Å². The molecule has 1 aromatic rings. The summed E-state index contributed by atoms with van der Waals surface area (Å²) < 4.78 is 34.5. The third-order valence-corrected chi connectivity index (χ3v) is 5.31. The fourth-order valence-corrected chi connectivity index (χ4v) is 3.89. The van der Waals surface area contributed by atoms with Gasteiger partial charge in [0.15, 0.2) is 0 Å². The van der Waals surface area contributed by atoms with Crippen LogP contribution < -0.4 is 26.2 Å². The van der Waals surface area contributed by atoms with Gasteiger partial charge in [0.1, 0.15) is 6.10 Å². The summed E-state index contributed by atoms with van der Waals surface area (Å²) >= 11 is 0. The predicted molar refractivity (Wildman–Crippen MR) is 103 cm³/mol. The second-order valence-electron chi connectivity index (χ2n) is 7.51. The van der Waals surface area contributed by atoms with Crippen molar-refractivity contribution in [3.05, 3.63) is 23.9 Å². The van der Waals surface area contributed by atoms with E-state index in [9.17, 15) is 18.4 Å². The molecule has 1 saturated heterocycles. The average molecular weight is 427 g/mol. The van der Waals surface area contributed by atoms with E-state index in [1.807, 2.05) is 0 Å². The smallest absolute Gasteiger partial charge is 0.407 e. The number of amides is 2. The summed E-state index contributed by atoms with van der Waals surface area (Å²) in [5, 5.41) is 5.00. The maximum Gasteiger partial charge on any atom is 0.407 e. The van der Waals surface area contributed by atoms with Crippen LogP contribution in [-0.2, 0) is 16.0 Å². The molecule has 3 rings (SSSR count). The standard InChI is InChI=1S/C19H27F2N5O4/c1-29-18-7-11(4-5-22-18)6-17(27)24-16-9-14(25-26-16)12-2-3-13(8-12)30-19(28)23-10-15(20)21/h4-5,7,12-16,25-26H,2-3,6,8-10H2,1H3,(H,23,28)(H,24,27)/t12-,13+,14?,16?/m0/s1. The summed E-state index contributed by atoms with van der Waals surface area (Å²) in [7, 11) is 1.52. The van der Waals surface area contributed by atoms with Crippen molar-refractivity contribution < 1.29 is 27.8 Å². The van der Waals surface area contributed by atoms with Crippen LogP contribution >= 0.6 is 0 Å². The molecule has 2 fully saturated rings. The molecule has 2 amide bonds. The molecule has 9 nitrogen and oxygen atoms in total. The van der Waals surface area contributed by atoms with E-state index in [1.165, 1.54) is 7.11 Å². The van der Waals surface area contributed by atoms with Gasteiger partial charge in [-0.1, -0.05) is 0 Å². The van der Waals surface area contributed by atoms with E-state index in [4.69, 9.17) is 9.47 Å². The highest BCUT2D eigenvalue weighted by atomic mass is 19.3. The first-order chi connectivity index (χ1) is 14.4. The first-order valence-corrected chi connectivity index (χ1v) is 9.95. The van der Waals surface area contributed by atoms with Crippen LogP contribution in [0.4, 0.5) is 13.6 Å². The predicted octanol–water partition coefficient (Wildman–Crippen LogP) is 1.10. The minimum Gasteiger partial charge on any atom is -0.481 e. The van der Waals surface area contributed by atoms with Crippen molar-refractivity contribution in [2.45, 2.75) is 56.8 Å². The Hall–Kier alpha value is -2.53. The molecule has 0 spiro atoms. The first kappa shape index (κ1) is 22.2. The van der Waals surface area contributed by atoms with Gasteiger partial charge in [-0.2, -0.15) is 0 Å². The summed E-state index contributed by atoms with van der Waals surface area (Å²) in [4.78, 5) is 27.9. The summed E-state index contributed by atoms with van der Waals surface area (Å²) in [6, 6.07) is 3.61. The fourth-order valence-electron chi connectivity index (χ4n) is 3.89. The van der Waals surface area contributed by atoms with Gasteiger partial charge >= 0.3 is 6.09 Å². The molecule has 2 heterocycles. The average Bonchev–Trinajstić information content (AvgIpc) is 3.36. The van der Waals surface area contributed by atoms with Crippen LogP contribution in [0.25, 0.3) is 0 Å². The second-order valence-corrected chi connectivity index (χ2v) is 7.51. The zero-order valence-electron chi connectivity index (χ0n) is 16.7. The Bertz CT molecular complexity index is 739. The zero-order valence-corrected chi connectivity index (χ0v) is 16.7. The Kier molecular flexibility index (Phi) is 7.75. The number of aromatic nitrogens is 1. The van der Waals surface area contributed by atoms with Crippen LogP contribution in [0.15, 0.2) is 18.3 Å². The third-order valence-electron chi connectivity index (χ3n) is 5.31. The topological polar surface area (TPSA) is 114 Å². The van der Waals surface area contributed by atoms with Crippen LogP contribution in [0.1, 0.15) is 31.2 Å². The van der Waals surface area contributed by atoms with Crippen molar-refractivity contribution in [3.8, 4) is 5.88 Å². The van der Waals surface area contributed by atoms with Crippen molar-refractivity contribution in [1.82, 2.24) is 26.5 Å². The van der Waals surface area contributed by atoms with E-state index >= 15 is 0 Å². The number of halogens is 2. The molecule has 0 radical (unpaired) electrons. The van der Waals surface area contributed by atoms with Crippen molar-refractivity contribution in [2.75, 3.05) is 13.7 Å². The fraction of sp³-hybridized carbons (Fsp3) is 0.632. The van der Waals surface area contributed by atoms with E-state index in [0.717, 1.165) is 12.0 Å². The largest absolute Gasteiger partial charge is 0.481 e. The van der Waals surface area contributed by atoms with E-state index in [2.05, 4.69) is 26.5 Å². The minimum absolute atomic E-state index is 0.119. The number of hydrogen-bond acceptors (Lipinski definition) is 7. The molecule has 1 aliphatic heterocycles. The third kappa shape index (κ3) is 6.49. The van der Waals surface area contributed by atoms with Crippen LogP contribution in [0.5, 0.6) is 5.88 Å². The van der Waals surface area contributed by atoms with Crippen LogP contribution in [0, 0.1) is 5.92 Å². The molecule has 0 bridgehead atoms. The van der Waals surface area contributed by atoms with Crippen molar-refractivity contribution in [3.63, 3.8) is 0 Å². The molecule has 1 aliphatic carbocycles. The normalized spacial score (nSPS) is 25.9. The lowest BCUT2D eigenvalue weighted by atomic mass is 9.96. The van der Waals surface area contributed by atoms with Gasteiger partial charge in [-0.3, -0.25) is 10.2 Å². The Balaban J connectivity index is 1.39. The highest BCUT2D eigenvalue weighted by Crippen LogP contribution is 2.32. The number of carbonyl (C=O) groups excluding carboxylic acids is 2. The number of methoxy groups -OCH3 is 1. The van der Waals surface area contributed by atoms with Gasteiger partial charge in [-0.25, -0.2) is 24.0 Å². The van der Waals surface area contributed by atoms with Gasteiger partial charge in [0.2, 0.25) is 11.8 Å². The summed E-state index contributed by atoms with van der Waals surface area (Å²) in [6.07, 6.45) is 0.792. The highest BCUT2D eigenvalue weighted by molar-refractivity contribution is 5.78. The second kappa shape index (κ2) is 10.5. The maximum absolute atomic E-state index is 12.3. The maximum atomic E-state index is 12.3. The summed E-state index contributed by atoms with van der Waals surface area (Å²) in [5.74, 6) is 0.602. The SMILES string of the molecule is COc1cc(CC(=O)NC2CC([C@H]3CC[C@@H](OC(=O)NCC(F)F)C3)NN2)ccn1. The van der Waals surface area contributed by atoms with Crippen LogP contribution in [0.3, 0.4) is 0 Å². The van der Waals surface area contributed by atoms with Gasteiger partial charge < -0.3 is 20.1 Å². The number of alkyl carbamates (subject to hydrolysis) is 1. The zero-order chi connectivity index (χ0) is 21.5. The van der Waals surface area contributed by atoms with Gasteiger partial charge in [0, 0.05) is 18.3 Å². The van der Waals surface area contributed by atoms with Crippen molar-refractivity contribution >= 4 is 12.0 Å². The number of alkyl halides is 2. The highest BCUT2D eigenvalue weighted by Gasteiger charge is 2.37. The number of hydrazine groups is 1. The Morgan fingerprint density at radius 3 is 2.90 bits per heavy atom. The molecular formula is C19H27F2N5O4. The lowest BCUT2D eigenvalue weighted by Gasteiger charge is -2.18. The first-order valence-electron chi connectivity index (χ1n) is 9.95. The monoisotopic (exact) mass is 427 g/mol. The number of hydrogen-bond donors (Lipinski definition) is 4. The number of ether oxygens (including phenoxy) is 2. The molecule has 4 N–H and O–H groups in total. The Morgan fingerprint density at radius 2 is 2.13 bits per heavy atom. The quantitative estimate of drug-likeness (QED) is 0.491. The number of rotatable bonds is 8. The molecule has 1 aromatic heterocycles. The van der Waals surface area contributed by atoms with Crippen LogP contribution in [-0.4, -0.2) is 55.4 Å². The molecule has 2 aliphatic rings.